The van der Waals surface area contributed by atoms with Gasteiger partial charge in [0.2, 0.25) is 0 Å². The van der Waals surface area contributed by atoms with Crippen LogP contribution in [0.4, 0.5) is 0 Å². The average Bonchev–Trinajstić information content (AvgIpc) is 2.42. The quantitative estimate of drug-likeness (QED) is 0.919. The van der Waals surface area contributed by atoms with Gasteiger partial charge in [-0.1, -0.05) is 17.7 Å². The minimum Gasteiger partial charge on any atom is -0.478 e. The first kappa shape index (κ1) is 14.5. The smallest absolute Gasteiger partial charge is 0.335 e. The van der Waals surface area contributed by atoms with Crippen LogP contribution < -0.4 is 0 Å². The van der Waals surface area contributed by atoms with Gasteiger partial charge in [0.05, 0.1) is 5.56 Å². The van der Waals surface area contributed by atoms with Crippen molar-refractivity contribution in [2.75, 3.05) is 7.05 Å². The molecule has 104 valence electrons. The van der Waals surface area contributed by atoms with Crippen LogP contribution in [0.15, 0.2) is 42.7 Å². The van der Waals surface area contributed by atoms with Gasteiger partial charge in [-0.05, 0) is 42.4 Å². The van der Waals surface area contributed by atoms with E-state index in [-0.39, 0.29) is 5.56 Å². The monoisotopic (exact) mass is 290 g/mol. The molecular formula is C15H15ClN2O2. The van der Waals surface area contributed by atoms with Crippen LogP contribution in [-0.4, -0.2) is 28.0 Å². The third-order valence-electron chi connectivity index (χ3n) is 2.94. The van der Waals surface area contributed by atoms with Crippen LogP contribution >= 0.6 is 11.6 Å². The largest absolute Gasteiger partial charge is 0.478 e. The van der Waals surface area contributed by atoms with Crippen molar-refractivity contribution in [1.82, 2.24) is 9.88 Å². The van der Waals surface area contributed by atoms with E-state index in [1.807, 2.05) is 19.2 Å². The number of halogens is 1. The summed E-state index contributed by atoms with van der Waals surface area (Å²) in [6.45, 7) is 1.43. The van der Waals surface area contributed by atoms with Crippen molar-refractivity contribution in [3.05, 3.63) is 64.4 Å². The van der Waals surface area contributed by atoms with Gasteiger partial charge in [-0.2, -0.15) is 0 Å². The van der Waals surface area contributed by atoms with Gasteiger partial charge >= 0.3 is 5.97 Å². The number of rotatable bonds is 5. The van der Waals surface area contributed by atoms with Gasteiger partial charge in [0.15, 0.2) is 0 Å². The highest BCUT2D eigenvalue weighted by Gasteiger charge is 2.09. The number of aromatic nitrogens is 1. The number of benzene rings is 1. The average molecular weight is 291 g/mol. The second kappa shape index (κ2) is 6.50. The second-order valence-corrected chi connectivity index (χ2v) is 5.05. The van der Waals surface area contributed by atoms with Crippen LogP contribution in [0.2, 0.25) is 5.02 Å². The third-order valence-corrected chi connectivity index (χ3v) is 3.29. The Morgan fingerprint density at radius 2 is 1.95 bits per heavy atom. The number of carboxylic acid groups (broad SMARTS) is 1. The molecule has 0 atom stereocenters. The molecule has 0 saturated heterocycles. The molecule has 1 aromatic carbocycles. The summed E-state index contributed by atoms with van der Waals surface area (Å²) in [5.74, 6) is -0.969. The van der Waals surface area contributed by atoms with E-state index in [0.29, 0.717) is 11.6 Å². The zero-order valence-corrected chi connectivity index (χ0v) is 11.8. The first-order valence-corrected chi connectivity index (χ1v) is 6.53. The molecule has 5 heteroatoms. The first-order chi connectivity index (χ1) is 9.56. The zero-order valence-electron chi connectivity index (χ0n) is 11.1. The molecule has 0 radical (unpaired) electrons. The molecule has 2 aromatic rings. The van der Waals surface area contributed by atoms with Crippen molar-refractivity contribution in [3.8, 4) is 0 Å². The van der Waals surface area contributed by atoms with Crippen molar-refractivity contribution in [2.45, 2.75) is 13.1 Å². The number of hydrogen-bond donors (Lipinski definition) is 1. The number of nitrogens with zero attached hydrogens (tertiary/aromatic N) is 2. The summed E-state index contributed by atoms with van der Waals surface area (Å²) in [5.41, 5.74) is 2.28. The lowest BCUT2D eigenvalue weighted by atomic mass is 10.1. The molecule has 0 unspecified atom stereocenters. The topological polar surface area (TPSA) is 53.4 Å². The Bertz CT molecular complexity index is 602. The Hall–Kier alpha value is -1.91. The molecule has 0 spiro atoms. The Morgan fingerprint density at radius 1 is 1.25 bits per heavy atom. The van der Waals surface area contributed by atoms with Crippen LogP contribution in [-0.2, 0) is 13.1 Å². The van der Waals surface area contributed by atoms with Crippen LogP contribution in [0.3, 0.4) is 0 Å². The van der Waals surface area contributed by atoms with E-state index in [0.717, 1.165) is 12.1 Å². The van der Waals surface area contributed by atoms with Crippen molar-refractivity contribution < 1.29 is 9.90 Å². The lowest BCUT2D eigenvalue weighted by Crippen LogP contribution is -2.17. The molecule has 0 fully saturated rings. The number of pyridine rings is 1. The fourth-order valence-electron chi connectivity index (χ4n) is 1.96. The van der Waals surface area contributed by atoms with Gasteiger partial charge in [0, 0.05) is 30.5 Å². The Balaban J connectivity index is 2.04. The van der Waals surface area contributed by atoms with E-state index < -0.39 is 5.97 Å². The maximum absolute atomic E-state index is 10.9. The molecule has 0 aliphatic rings. The number of aromatic carboxylic acids is 1. The van der Waals surface area contributed by atoms with Gasteiger partial charge < -0.3 is 5.11 Å². The minimum atomic E-state index is -0.969. The predicted octanol–water partition coefficient (Wildman–Crippen LogP) is 3.07. The van der Waals surface area contributed by atoms with Gasteiger partial charge in [-0.15, -0.1) is 0 Å². The molecule has 20 heavy (non-hydrogen) atoms. The van der Waals surface area contributed by atoms with E-state index in [1.54, 1.807) is 24.5 Å². The van der Waals surface area contributed by atoms with Gasteiger partial charge in [0.1, 0.15) is 0 Å². The minimum absolute atomic E-state index is 0.204. The molecule has 1 heterocycles. The lowest BCUT2D eigenvalue weighted by Gasteiger charge is -2.17. The summed E-state index contributed by atoms with van der Waals surface area (Å²) < 4.78 is 0. The van der Waals surface area contributed by atoms with E-state index in [9.17, 15) is 4.79 Å². The summed E-state index contributed by atoms with van der Waals surface area (Å²) in [6.07, 6.45) is 3.52. The molecule has 0 aliphatic carbocycles. The molecule has 0 bridgehead atoms. The van der Waals surface area contributed by atoms with Crippen molar-refractivity contribution in [2.24, 2.45) is 0 Å². The normalized spacial score (nSPS) is 10.8. The number of carboxylic acids is 1. The SMILES string of the molecule is CN(Cc1ccncc1)Cc1ccc(C(=O)O)cc1Cl. The lowest BCUT2D eigenvalue weighted by molar-refractivity contribution is 0.0697. The van der Waals surface area contributed by atoms with Gasteiger partial charge in [-0.25, -0.2) is 4.79 Å². The highest BCUT2D eigenvalue weighted by Crippen LogP contribution is 2.20. The maximum Gasteiger partial charge on any atom is 0.335 e. The molecular weight excluding hydrogens is 276 g/mol. The van der Waals surface area contributed by atoms with E-state index in [4.69, 9.17) is 16.7 Å². The Morgan fingerprint density at radius 3 is 2.55 bits per heavy atom. The molecule has 1 N–H and O–H groups in total. The number of hydrogen-bond acceptors (Lipinski definition) is 3. The highest BCUT2D eigenvalue weighted by atomic mass is 35.5. The van der Waals surface area contributed by atoms with Crippen LogP contribution in [0, 0.1) is 0 Å². The zero-order chi connectivity index (χ0) is 14.5. The molecule has 0 saturated carbocycles. The number of carbonyl (C=O) groups is 1. The second-order valence-electron chi connectivity index (χ2n) is 4.64. The Kier molecular flexibility index (Phi) is 4.71. The van der Waals surface area contributed by atoms with E-state index in [2.05, 4.69) is 9.88 Å². The van der Waals surface area contributed by atoms with Crippen LogP contribution in [0.25, 0.3) is 0 Å². The van der Waals surface area contributed by atoms with E-state index >= 15 is 0 Å². The molecule has 0 amide bonds. The molecule has 2 rings (SSSR count). The summed E-state index contributed by atoms with van der Waals surface area (Å²) in [7, 11) is 1.99. The van der Waals surface area contributed by atoms with Crippen molar-refractivity contribution >= 4 is 17.6 Å². The third kappa shape index (κ3) is 3.79. The fourth-order valence-corrected chi connectivity index (χ4v) is 2.20. The highest BCUT2D eigenvalue weighted by molar-refractivity contribution is 6.31. The first-order valence-electron chi connectivity index (χ1n) is 6.15. The standard InChI is InChI=1S/C15H15ClN2O2/c1-18(9-11-4-6-17-7-5-11)10-13-3-2-12(15(19)20)8-14(13)16/h2-8H,9-10H2,1H3,(H,19,20). The fraction of sp³-hybridized carbons (Fsp3) is 0.200. The molecule has 4 nitrogen and oxygen atoms in total. The van der Waals surface area contributed by atoms with Gasteiger partial charge in [0.25, 0.3) is 0 Å². The Labute approximate surface area is 122 Å². The summed E-state index contributed by atoms with van der Waals surface area (Å²) >= 11 is 6.12. The summed E-state index contributed by atoms with van der Waals surface area (Å²) in [4.78, 5) is 16.9. The van der Waals surface area contributed by atoms with Crippen LogP contribution in [0.1, 0.15) is 21.5 Å². The van der Waals surface area contributed by atoms with Crippen LogP contribution in [0.5, 0.6) is 0 Å². The summed E-state index contributed by atoms with van der Waals surface area (Å²) in [6, 6.07) is 8.75. The van der Waals surface area contributed by atoms with E-state index in [1.165, 1.54) is 11.6 Å². The van der Waals surface area contributed by atoms with Crippen molar-refractivity contribution in [1.29, 1.82) is 0 Å². The van der Waals surface area contributed by atoms with Crippen molar-refractivity contribution in [3.63, 3.8) is 0 Å². The molecule has 1 aromatic heterocycles. The molecule has 0 aliphatic heterocycles. The summed E-state index contributed by atoms with van der Waals surface area (Å²) in [5, 5.41) is 9.38. The van der Waals surface area contributed by atoms with Gasteiger partial charge in [-0.3, -0.25) is 9.88 Å². The predicted molar refractivity (Wildman–Crippen MR) is 77.8 cm³/mol. The maximum atomic E-state index is 10.9.